The maximum atomic E-state index is 7.72. The second kappa shape index (κ2) is 16.7. The monoisotopic (exact) mass is 235 g/mol. The molecular weight excluding hydrogens is 208 g/mol. The average Bonchev–Trinajstić information content (AvgIpc) is 2.31. The normalized spacial score (nSPS) is 10.0. The van der Waals surface area contributed by atoms with Crippen LogP contribution < -0.4 is 4.66 Å². The van der Waals surface area contributed by atoms with Crippen molar-refractivity contribution in [3.8, 4) is 0 Å². The third-order valence-electron chi connectivity index (χ3n) is 2.90. The molecule has 0 amide bonds. The lowest BCUT2D eigenvalue weighted by Gasteiger charge is -2.15. The van der Waals surface area contributed by atoms with E-state index >= 15 is 0 Å². The van der Waals surface area contributed by atoms with E-state index in [9.17, 15) is 0 Å². The number of hydrogen-bond donors (Lipinski definition) is 0. The van der Waals surface area contributed by atoms with Gasteiger partial charge in [-0.15, -0.1) is 0 Å². The van der Waals surface area contributed by atoms with Crippen molar-refractivity contribution in [2.75, 3.05) is 0 Å². The third kappa shape index (κ3) is 14.2. The van der Waals surface area contributed by atoms with Gasteiger partial charge < -0.3 is 4.66 Å². The molecular formula is C13H28ClO-. The number of halogens is 1. The molecule has 0 aromatic rings. The van der Waals surface area contributed by atoms with Gasteiger partial charge >= 0.3 is 0 Å². The lowest BCUT2D eigenvalue weighted by atomic mass is 9.91. The molecule has 0 aromatic heterocycles. The summed E-state index contributed by atoms with van der Waals surface area (Å²) < 4.78 is 7.72. The van der Waals surface area contributed by atoms with E-state index in [1.807, 2.05) is 0 Å². The fraction of sp³-hybridized carbons (Fsp3) is 1.00. The molecule has 2 heteroatoms. The molecule has 0 N–H and O–H groups in total. The first-order valence-corrected chi connectivity index (χ1v) is 6.81. The van der Waals surface area contributed by atoms with Crippen LogP contribution in [-0.2, 0) is 0 Å². The van der Waals surface area contributed by atoms with Crippen LogP contribution in [-0.4, -0.2) is 0 Å². The summed E-state index contributed by atoms with van der Waals surface area (Å²) in [6, 6.07) is 0. The summed E-state index contributed by atoms with van der Waals surface area (Å²) in [5, 5.41) is 0. The van der Waals surface area contributed by atoms with Crippen LogP contribution >= 0.6 is 11.9 Å². The molecule has 0 saturated carbocycles. The first-order valence-electron chi connectivity index (χ1n) is 6.50. The molecule has 0 aliphatic heterocycles. The van der Waals surface area contributed by atoms with Crippen molar-refractivity contribution in [2.24, 2.45) is 5.92 Å². The first kappa shape index (κ1) is 17.6. The van der Waals surface area contributed by atoms with Crippen molar-refractivity contribution in [3.05, 3.63) is 0 Å². The Morgan fingerprint density at radius 1 is 0.733 bits per heavy atom. The van der Waals surface area contributed by atoms with Gasteiger partial charge in [0.25, 0.3) is 0 Å². The molecule has 0 aliphatic rings. The van der Waals surface area contributed by atoms with Crippen LogP contribution in [0.5, 0.6) is 0 Å². The van der Waals surface area contributed by atoms with Gasteiger partial charge in [0.1, 0.15) is 0 Å². The van der Waals surface area contributed by atoms with Gasteiger partial charge in [-0.1, -0.05) is 78.6 Å². The molecule has 0 atom stereocenters. The van der Waals surface area contributed by atoms with Crippen molar-refractivity contribution in [1.29, 1.82) is 0 Å². The molecule has 0 fully saturated rings. The van der Waals surface area contributed by atoms with Crippen molar-refractivity contribution >= 4 is 11.9 Å². The Hall–Kier alpha value is 0.250. The Balaban J connectivity index is 0. The average molecular weight is 236 g/mol. The lowest BCUT2D eigenvalue weighted by Crippen LogP contribution is -2.00. The minimum atomic E-state index is 1.04. The summed E-state index contributed by atoms with van der Waals surface area (Å²) in [6.45, 7) is 6.91. The molecule has 94 valence electrons. The smallest absolute Gasteiger partial charge is 0.0414 e. The molecule has 0 bridgehead atoms. The Kier molecular flexibility index (Phi) is 19.6. The van der Waals surface area contributed by atoms with Gasteiger partial charge in [-0.3, -0.25) is 0 Å². The minimum Gasteiger partial charge on any atom is -0.769 e. The van der Waals surface area contributed by atoms with E-state index in [4.69, 9.17) is 4.66 Å². The fourth-order valence-corrected chi connectivity index (χ4v) is 1.91. The van der Waals surface area contributed by atoms with E-state index in [0.29, 0.717) is 0 Å². The van der Waals surface area contributed by atoms with Crippen LogP contribution in [0.3, 0.4) is 0 Å². The van der Waals surface area contributed by atoms with Crippen LogP contribution in [0.2, 0.25) is 0 Å². The highest BCUT2D eigenvalue weighted by molar-refractivity contribution is 6.02. The number of rotatable bonds is 9. The summed E-state index contributed by atoms with van der Waals surface area (Å²) in [5.41, 5.74) is 0. The van der Waals surface area contributed by atoms with Crippen molar-refractivity contribution in [2.45, 2.75) is 78.6 Å². The quantitative estimate of drug-likeness (QED) is 0.569. The molecule has 0 heterocycles. The van der Waals surface area contributed by atoms with E-state index in [1.165, 1.54) is 57.8 Å². The summed E-state index contributed by atoms with van der Waals surface area (Å²) in [6.07, 6.45) is 12.9. The van der Waals surface area contributed by atoms with Crippen molar-refractivity contribution in [1.82, 2.24) is 0 Å². The van der Waals surface area contributed by atoms with Crippen LogP contribution in [0.15, 0.2) is 0 Å². The van der Waals surface area contributed by atoms with Gasteiger partial charge in [-0.2, -0.15) is 0 Å². The Labute approximate surface area is 101 Å². The first-order chi connectivity index (χ1) is 7.35. The highest BCUT2D eigenvalue weighted by atomic mass is 35.5. The van der Waals surface area contributed by atoms with Crippen LogP contribution in [0.4, 0.5) is 0 Å². The highest BCUT2D eigenvalue weighted by Crippen LogP contribution is 2.21. The summed E-state index contributed by atoms with van der Waals surface area (Å²) >= 11 is 3.39. The van der Waals surface area contributed by atoms with E-state index in [1.54, 1.807) is 0 Å². The Morgan fingerprint density at radius 3 is 1.20 bits per heavy atom. The van der Waals surface area contributed by atoms with Gasteiger partial charge in [0, 0.05) is 0 Å². The lowest BCUT2D eigenvalue weighted by molar-refractivity contribution is -0.166. The predicted molar refractivity (Wildman–Crippen MR) is 67.9 cm³/mol. The summed E-state index contributed by atoms with van der Waals surface area (Å²) in [5.74, 6) is 1.04. The molecule has 0 aliphatic carbocycles. The molecule has 0 unspecified atom stereocenters. The van der Waals surface area contributed by atoms with E-state index < -0.39 is 0 Å². The summed E-state index contributed by atoms with van der Waals surface area (Å²) in [7, 11) is 0. The van der Waals surface area contributed by atoms with Gasteiger partial charge in [0.05, 0.1) is 0 Å². The standard InChI is InChI=1S/C13H28.ClO/c1-4-7-10-13(11-8-5-2)12-9-6-3;1-2/h13H,4-12H2,1-3H3;/q;-1. The molecule has 0 spiro atoms. The molecule has 0 aromatic carbocycles. The second-order valence-electron chi connectivity index (χ2n) is 4.29. The minimum absolute atomic E-state index is 1.04. The van der Waals surface area contributed by atoms with Crippen molar-refractivity contribution < 1.29 is 4.66 Å². The van der Waals surface area contributed by atoms with Crippen LogP contribution in [0.25, 0.3) is 0 Å². The maximum absolute atomic E-state index is 7.72. The zero-order valence-electron chi connectivity index (χ0n) is 10.7. The Morgan fingerprint density at radius 2 is 1.00 bits per heavy atom. The SMILES string of the molecule is CCCCC(CCCC)CCCC.[O-]Cl. The molecule has 0 rings (SSSR count). The Bertz CT molecular complexity index is 77.5. The zero-order chi connectivity index (χ0) is 11.9. The molecule has 0 radical (unpaired) electrons. The molecule has 0 saturated heterocycles. The summed E-state index contributed by atoms with van der Waals surface area (Å²) in [4.78, 5) is 0. The van der Waals surface area contributed by atoms with E-state index in [-0.39, 0.29) is 0 Å². The van der Waals surface area contributed by atoms with Gasteiger partial charge in [0.2, 0.25) is 0 Å². The van der Waals surface area contributed by atoms with Gasteiger partial charge in [-0.25, -0.2) is 11.9 Å². The number of hydrogen-bond acceptors (Lipinski definition) is 1. The largest absolute Gasteiger partial charge is 0.769 e. The molecule has 1 nitrogen and oxygen atoms in total. The fourth-order valence-electron chi connectivity index (χ4n) is 1.91. The van der Waals surface area contributed by atoms with Gasteiger partial charge in [-0.05, 0) is 5.92 Å². The zero-order valence-corrected chi connectivity index (χ0v) is 11.5. The predicted octanol–water partition coefficient (Wildman–Crippen LogP) is 4.67. The van der Waals surface area contributed by atoms with Crippen LogP contribution in [0, 0.1) is 5.92 Å². The van der Waals surface area contributed by atoms with Crippen molar-refractivity contribution in [3.63, 3.8) is 0 Å². The van der Waals surface area contributed by atoms with Gasteiger partial charge in [0.15, 0.2) is 0 Å². The third-order valence-corrected chi connectivity index (χ3v) is 2.90. The van der Waals surface area contributed by atoms with E-state index in [2.05, 4.69) is 32.6 Å². The number of unbranched alkanes of at least 4 members (excludes halogenated alkanes) is 3. The highest BCUT2D eigenvalue weighted by Gasteiger charge is 2.06. The molecule has 15 heavy (non-hydrogen) atoms. The second-order valence-corrected chi connectivity index (χ2v) is 4.29. The van der Waals surface area contributed by atoms with E-state index in [0.717, 1.165) is 5.92 Å². The van der Waals surface area contributed by atoms with Crippen LogP contribution in [0.1, 0.15) is 78.6 Å². The topological polar surface area (TPSA) is 23.1 Å². The maximum Gasteiger partial charge on any atom is -0.0414 e.